The Balaban J connectivity index is 1.87. The second-order valence-electron chi connectivity index (χ2n) is 5.24. The number of benzene rings is 1. The summed E-state index contributed by atoms with van der Waals surface area (Å²) in [5.41, 5.74) is 1.36. The second kappa shape index (κ2) is 6.37. The fourth-order valence-electron chi connectivity index (χ4n) is 2.46. The molecule has 0 saturated carbocycles. The summed E-state index contributed by atoms with van der Waals surface area (Å²) >= 11 is 5.97. The summed E-state index contributed by atoms with van der Waals surface area (Å²) < 4.78 is 10.3. The third-order valence-corrected chi connectivity index (χ3v) is 3.87. The van der Waals surface area contributed by atoms with Crippen LogP contribution in [0, 0.1) is 5.92 Å². The number of esters is 1. The first-order chi connectivity index (χ1) is 11.5. The van der Waals surface area contributed by atoms with Crippen molar-refractivity contribution in [3.8, 4) is 11.3 Å². The van der Waals surface area contributed by atoms with E-state index in [0.29, 0.717) is 22.2 Å². The first-order valence-electron chi connectivity index (χ1n) is 7.15. The molecular formula is C18H14ClNO4. The number of carbonyl (C=O) groups excluding carboxylic acids is 2. The number of rotatable bonds is 3. The minimum Gasteiger partial charge on any atom is -0.468 e. The van der Waals surface area contributed by atoms with Crippen LogP contribution >= 0.6 is 11.6 Å². The zero-order chi connectivity index (χ0) is 17.3. The van der Waals surface area contributed by atoms with Crippen molar-refractivity contribution in [2.75, 3.05) is 7.11 Å². The molecule has 24 heavy (non-hydrogen) atoms. The monoisotopic (exact) mass is 343 g/mol. The number of nitrogens with one attached hydrogen (secondary N) is 1. The Morgan fingerprint density at radius 3 is 2.88 bits per heavy atom. The molecule has 1 unspecified atom stereocenters. The lowest BCUT2D eigenvalue weighted by Crippen LogP contribution is -2.21. The lowest BCUT2D eigenvalue weighted by atomic mass is 10.0. The Labute approximate surface area is 143 Å². The highest BCUT2D eigenvalue weighted by atomic mass is 35.5. The van der Waals surface area contributed by atoms with Gasteiger partial charge >= 0.3 is 5.97 Å². The van der Waals surface area contributed by atoms with Crippen molar-refractivity contribution in [1.82, 2.24) is 5.32 Å². The van der Waals surface area contributed by atoms with Gasteiger partial charge in [0.15, 0.2) is 11.7 Å². The standard InChI is InChI=1S/C18H14ClNO4/c1-10-16(18(22)23-2)17(21)14(20-10)9-13-6-7-15(24-13)11-4-3-5-12(19)8-11/h3-9,16,20H,1H2,2H3. The van der Waals surface area contributed by atoms with E-state index in [4.69, 9.17) is 16.0 Å². The summed E-state index contributed by atoms with van der Waals surface area (Å²) in [7, 11) is 1.23. The van der Waals surface area contributed by atoms with Crippen molar-refractivity contribution in [2.24, 2.45) is 5.92 Å². The molecule has 1 N–H and O–H groups in total. The number of halogens is 1. The van der Waals surface area contributed by atoms with E-state index in [0.717, 1.165) is 5.56 Å². The molecule has 1 saturated heterocycles. The van der Waals surface area contributed by atoms with Gasteiger partial charge in [0, 0.05) is 22.4 Å². The largest absolute Gasteiger partial charge is 0.468 e. The van der Waals surface area contributed by atoms with E-state index in [2.05, 4.69) is 16.6 Å². The first-order valence-corrected chi connectivity index (χ1v) is 7.52. The van der Waals surface area contributed by atoms with Gasteiger partial charge in [-0.05, 0) is 24.3 Å². The molecule has 2 aromatic rings. The highest BCUT2D eigenvalue weighted by molar-refractivity contribution is 6.30. The second-order valence-corrected chi connectivity index (χ2v) is 5.68. The molecule has 1 aromatic carbocycles. The van der Waals surface area contributed by atoms with Gasteiger partial charge in [-0.15, -0.1) is 0 Å². The molecular weight excluding hydrogens is 330 g/mol. The fraction of sp³-hybridized carbons (Fsp3) is 0.111. The van der Waals surface area contributed by atoms with Crippen LogP contribution in [0.25, 0.3) is 17.4 Å². The summed E-state index contributed by atoms with van der Waals surface area (Å²) in [4.78, 5) is 23.9. The van der Waals surface area contributed by atoms with Gasteiger partial charge in [0.05, 0.1) is 12.8 Å². The molecule has 0 radical (unpaired) electrons. The number of Topliss-reactive ketones (excluding diaryl/α,β-unsaturated/α-hetero) is 1. The normalized spacial score (nSPS) is 18.8. The van der Waals surface area contributed by atoms with Crippen LogP contribution in [0.5, 0.6) is 0 Å². The number of ketones is 1. The number of furan rings is 1. The topological polar surface area (TPSA) is 68.5 Å². The Kier molecular flexibility index (Phi) is 4.27. The molecule has 0 spiro atoms. The molecule has 1 atom stereocenters. The van der Waals surface area contributed by atoms with Gasteiger partial charge in [-0.2, -0.15) is 0 Å². The average Bonchev–Trinajstić information content (AvgIpc) is 3.12. The van der Waals surface area contributed by atoms with Crippen LogP contribution in [0.4, 0.5) is 0 Å². The predicted octanol–water partition coefficient (Wildman–Crippen LogP) is 3.42. The van der Waals surface area contributed by atoms with E-state index >= 15 is 0 Å². The van der Waals surface area contributed by atoms with Crippen LogP contribution in [0.1, 0.15) is 5.76 Å². The molecule has 122 valence electrons. The molecule has 2 heterocycles. The minimum absolute atomic E-state index is 0.238. The lowest BCUT2D eigenvalue weighted by molar-refractivity contribution is -0.146. The minimum atomic E-state index is -1.02. The van der Waals surface area contributed by atoms with Crippen molar-refractivity contribution in [2.45, 2.75) is 0 Å². The zero-order valence-electron chi connectivity index (χ0n) is 12.8. The summed E-state index contributed by atoms with van der Waals surface area (Å²) in [5.74, 6) is -0.964. The van der Waals surface area contributed by atoms with Gasteiger partial charge in [0.1, 0.15) is 11.5 Å². The zero-order valence-corrected chi connectivity index (χ0v) is 13.6. The third-order valence-electron chi connectivity index (χ3n) is 3.63. The molecule has 3 rings (SSSR count). The average molecular weight is 344 g/mol. The lowest BCUT2D eigenvalue weighted by Gasteiger charge is -2.03. The highest BCUT2D eigenvalue weighted by Crippen LogP contribution is 2.28. The van der Waals surface area contributed by atoms with Crippen LogP contribution < -0.4 is 5.32 Å². The van der Waals surface area contributed by atoms with E-state index in [9.17, 15) is 9.59 Å². The summed E-state index contributed by atoms with van der Waals surface area (Å²) in [6, 6.07) is 10.8. The highest BCUT2D eigenvalue weighted by Gasteiger charge is 2.39. The van der Waals surface area contributed by atoms with Crippen LogP contribution in [0.15, 0.2) is 58.8 Å². The van der Waals surface area contributed by atoms with Gasteiger partial charge in [-0.3, -0.25) is 9.59 Å². The summed E-state index contributed by atoms with van der Waals surface area (Å²) in [6.45, 7) is 3.69. The van der Waals surface area contributed by atoms with Crippen LogP contribution in [0.2, 0.25) is 5.02 Å². The summed E-state index contributed by atoms with van der Waals surface area (Å²) in [5, 5.41) is 3.42. The van der Waals surface area contributed by atoms with Gasteiger partial charge in [-0.25, -0.2) is 0 Å². The van der Waals surface area contributed by atoms with Crippen molar-refractivity contribution < 1.29 is 18.7 Å². The van der Waals surface area contributed by atoms with Crippen molar-refractivity contribution >= 4 is 29.4 Å². The maximum atomic E-state index is 12.3. The molecule has 1 aliphatic heterocycles. The van der Waals surface area contributed by atoms with E-state index in [1.165, 1.54) is 13.2 Å². The van der Waals surface area contributed by atoms with Crippen LogP contribution in [0.3, 0.4) is 0 Å². The van der Waals surface area contributed by atoms with Crippen molar-refractivity contribution in [3.63, 3.8) is 0 Å². The predicted molar refractivity (Wildman–Crippen MR) is 89.9 cm³/mol. The molecule has 0 aliphatic carbocycles. The molecule has 0 bridgehead atoms. The Morgan fingerprint density at radius 1 is 1.38 bits per heavy atom. The van der Waals surface area contributed by atoms with E-state index in [1.54, 1.807) is 24.3 Å². The van der Waals surface area contributed by atoms with Gasteiger partial charge in [-0.1, -0.05) is 30.3 Å². The van der Waals surface area contributed by atoms with Crippen molar-refractivity contribution in [3.05, 3.63) is 65.2 Å². The molecule has 6 heteroatoms. The number of methoxy groups -OCH3 is 1. The maximum Gasteiger partial charge on any atom is 0.322 e. The SMILES string of the molecule is C=C1NC(=Cc2ccc(-c3cccc(Cl)c3)o2)C(=O)C1C(=O)OC. The Bertz CT molecular complexity index is 865. The van der Waals surface area contributed by atoms with E-state index < -0.39 is 17.7 Å². The van der Waals surface area contributed by atoms with Gasteiger partial charge in [0.25, 0.3) is 0 Å². The number of carbonyl (C=O) groups is 2. The van der Waals surface area contributed by atoms with E-state index in [1.807, 2.05) is 12.1 Å². The number of hydrogen-bond donors (Lipinski definition) is 1. The van der Waals surface area contributed by atoms with Crippen LogP contribution in [-0.2, 0) is 14.3 Å². The molecule has 0 amide bonds. The maximum absolute atomic E-state index is 12.3. The van der Waals surface area contributed by atoms with E-state index in [-0.39, 0.29) is 5.70 Å². The number of allylic oxidation sites excluding steroid dienone is 1. The van der Waals surface area contributed by atoms with Gasteiger partial charge in [0.2, 0.25) is 0 Å². The summed E-state index contributed by atoms with van der Waals surface area (Å²) in [6.07, 6.45) is 1.53. The molecule has 1 aromatic heterocycles. The fourth-order valence-corrected chi connectivity index (χ4v) is 2.65. The quantitative estimate of drug-likeness (QED) is 0.525. The molecule has 1 fully saturated rings. The first kappa shape index (κ1) is 16.1. The smallest absolute Gasteiger partial charge is 0.322 e. The van der Waals surface area contributed by atoms with Crippen LogP contribution in [-0.4, -0.2) is 18.9 Å². The van der Waals surface area contributed by atoms with Crippen molar-refractivity contribution in [1.29, 1.82) is 0 Å². The molecule has 1 aliphatic rings. The molecule has 5 nitrogen and oxygen atoms in total. The number of ether oxygens (including phenoxy) is 1. The van der Waals surface area contributed by atoms with Gasteiger partial charge < -0.3 is 14.5 Å². The Morgan fingerprint density at radius 2 is 2.17 bits per heavy atom. The Hall–Kier alpha value is -2.79. The third kappa shape index (κ3) is 2.98. The number of hydrogen-bond acceptors (Lipinski definition) is 5.